The number of hydrogen-bond acceptors (Lipinski definition) is 9. The van der Waals surface area contributed by atoms with E-state index in [1.165, 1.54) is 18.3 Å². The monoisotopic (exact) mass is 498 g/mol. The fraction of sp³-hybridized carbons (Fsp3) is 0.0400. The van der Waals surface area contributed by atoms with Crippen LogP contribution >= 0.6 is 0 Å². The van der Waals surface area contributed by atoms with Crippen LogP contribution in [0.5, 0.6) is 5.75 Å². The van der Waals surface area contributed by atoms with E-state index in [4.69, 9.17) is 10.5 Å². The number of carbonyl (C=O) groups is 1. The first-order chi connectivity index (χ1) is 18.1. The number of nitrogens with one attached hydrogen (secondary N) is 1. The summed E-state index contributed by atoms with van der Waals surface area (Å²) in [5, 5.41) is 19.4. The summed E-state index contributed by atoms with van der Waals surface area (Å²) in [4.78, 5) is 13.1. The third-order valence-electron chi connectivity index (χ3n) is 5.18. The van der Waals surface area contributed by atoms with Crippen LogP contribution in [0.1, 0.15) is 21.6 Å². The number of halogens is 1. The highest BCUT2D eigenvalue weighted by atomic mass is 19.1. The quantitative estimate of drug-likeness (QED) is 0.245. The summed E-state index contributed by atoms with van der Waals surface area (Å²) in [5.74, 6) is -0.339. The number of benzene rings is 3. The van der Waals surface area contributed by atoms with E-state index in [9.17, 15) is 9.18 Å². The molecule has 3 N–H and O–H groups in total. The van der Waals surface area contributed by atoms with E-state index in [-0.39, 0.29) is 29.8 Å². The summed E-state index contributed by atoms with van der Waals surface area (Å²) >= 11 is 0. The van der Waals surface area contributed by atoms with Gasteiger partial charge in [-0.1, -0.05) is 47.7 Å². The van der Waals surface area contributed by atoms with Gasteiger partial charge >= 0.3 is 0 Å². The lowest BCUT2D eigenvalue weighted by molar-refractivity contribution is 0.0947. The third kappa shape index (κ3) is 5.32. The molecule has 2 aromatic heterocycles. The maximum Gasteiger partial charge on any atom is 0.292 e. The van der Waals surface area contributed by atoms with Crippen LogP contribution in [0.3, 0.4) is 0 Å². The Balaban J connectivity index is 1.29. The molecule has 37 heavy (non-hydrogen) atoms. The van der Waals surface area contributed by atoms with E-state index in [0.29, 0.717) is 22.6 Å². The Morgan fingerprint density at radius 3 is 2.62 bits per heavy atom. The molecule has 2 heterocycles. The third-order valence-corrected chi connectivity index (χ3v) is 5.18. The number of hydrogen-bond donors (Lipinski definition) is 2. The lowest BCUT2D eigenvalue weighted by atomic mass is 10.1. The highest BCUT2D eigenvalue weighted by molar-refractivity contribution is 5.99. The molecule has 0 radical (unpaired) electrons. The van der Waals surface area contributed by atoms with E-state index in [2.05, 4.69) is 35.8 Å². The summed E-state index contributed by atoms with van der Waals surface area (Å²) in [6, 6.07) is 22.3. The summed E-state index contributed by atoms with van der Waals surface area (Å²) < 4.78 is 24.8. The van der Waals surface area contributed by atoms with Gasteiger partial charge in [-0.05, 0) is 57.8 Å². The Bertz CT molecular complexity index is 1550. The number of ether oxygens (including phenoxy) is 1. The molecule has 12 heteroatoms. The number of carbonyl (C=O) groups excluding carboxylic acids is 1. The van der Waals surface area contributed by atoms with Gasteiger partial charge in [0.05, 0.1) is 6.21 Å². The van der Waals surface area contributed by atoms with Crippen LogP contribution in [-0.4, -0.2) is 37.4 Å². The molecule has 0 unspecified atom stereocenters. The van der Waals surface area contributed by atoms with Crippen molar-refractivity contribution in [2.75, 3.05) is 5.73 Å². The van der Waals surface area contributed by atoms with Gasteiger partial charge in [0, 0.05) is 5.56 Å². The highest BCUT2D eigenvalue weighted by Gasteiger charge is 2.25. The average Bonchev–Trinajstić information content (AvgIpc) is 3.55. The number of nitrogens with zero attached hydrogens (tertiary/aromatic N) is 6. The van der Waals surface area contributed by atoms with Crippen molar-refractivity contribution in [1.29, 1.82) is 0 Å². The van der Waals surface area contributed by atoms with Crippen LogP contribution in [0.2, 0.25) is 0 Å². The fourth-order valence-corrected chi connectivity index (χ4v) is 3.42. The maximum atomic E-state index is 13.3. The minimum absolute atomic E-state index is 0.0256. The number of anilines is 1. The highest BCUT2D eigenvalue weighted by Crippen LogP contribution is 2.24. The van der Waals surface area contributed by atoms with E-state index in [1.54, 1.807) is 48.5 Å². The van der Waals surface area contributed by atoms with Crippen molar-refractivity contribution in [2.45, 2.75) is 6.61 Å². The zero-order valence-electron chi connectivity index (χ0n) is 19.2. The second-order valence-electron chi connectivity index (χ2n) is 7.72. The zero-order valence-corrected chi connectivity index (χ0v) is 19.2. The molecular formula is C25H19FN8O3. The molecule has 0 fully saturated rings. The first kappa shape index (κ1) is 23.4. The standard InChI is InChI=1S/C25H19FN8O3/c26-19-8-4-5-17(13-19)15-36-20-11-9-16(10-12-20)14-28-30-25(35)22-21(18-6-2-1-3-7-18)29-33-34(22)24-23(27)31-37-32-24/h1-14H,15H2,(H2,27,31)(H,30,35)/b28-14+. The van der Waals surface area contributed by atoms with Crippen LogP contribution in [-0.2, 0) is 6.61 Å². The SMILES string of the molecule is Nc1nonc1-n1nnc(-c2ccccc2)c1C(=O)N/N=C/c1ccc(OCc2cccc(F)c2)cc1. The first-order valence-electron chi connectivity index (χ1n) is 11.0. The van der Waals surface area contributed by atoms with Gasteiger partial charge < -0.3 is 10.5 Å². The Labute approximate surface area is 209 Å². The summed E-state index contributed by atoms with van der Waals surface area (Å²) in [6.45, 7) is 0.234. The van der Waals surface area contributed by atoms with Crippen LogP contribution < -0.4 is 15.9 Å². The van der Waals surface area contributed by atoms with Gasteiger partial charge in [0.15, 0.2) is 5.69 Å². The van der Waals surface area contributed by atoms with Crippen molar-refractivity contribution < 1.29 is 18.6 Å². The van der Waals surface area contributed by atoms with Gasteiger partial charge in [-0.15, -0.1) is 5.10 Å². The number of rotatable bonds is 8. The molecule has 3 aromatic carbocycles. The van der Waals surface area contributed by atoms with Crippen LogP contribution in [0.15, 0.2) is 88.6 Å². The van der Waals surface area contributed by atoms with E-state index < -0.39 is 5.91 Å². The van der Waals surface area contributed by atoms with Crippen molar-refractivity contribution in [3.63, 3.8) is 0 Å². The minimum atomic E-state index is -0.599. The van der Waals surface area contributed by atoms with Crippen LogP contribution in [0.4, 0.5) is 10.2 Å². The summed E-state index contributed by atoms with van der Waals surface area (Å²) in [6.07, 6.45) is 1.47. The van der Waals surface area contributed by atoms with Gasteiger partial charge in [0.2, 0.25) is 11.6 Å². The minimum Gasteiger partial charge on any atom is -0.489 e. The maximum absolute atomic E-state index is 13.3. The second-order valence-corrected chi connectivity index (χ2v) is 7.72. The van der Waals surface area contributed by atoms with Crippen molar-refractivity contribution >= 4 is 17.9 Å². The Kier molecular flexibility index (Phi) is 6.61. The predicted molar refractivity (Wildman–Crippen MR) is 131 cm³/mol. The molecule has 0 atom stereocenters. The van der Waals surface area contributed by atoms with E-state index in [0.717, 1.165) is 10.2 Å². The van der Waals surface area contributed by atoms with Gasteiger partial charge in [-0.25, -0.2) is 14.4 Å². The fourth-order valence-electron chi connectivity index (χ4n) is 3.42. The molecular weight excluding hydrogens is 479 g/mol. The first-order valence-corrected chi connectivity index (χ1v) is 11.0. The molecule has 5 aromatic rings. The van der Waals surface area contributed by atoms with Crippen molar-refractivity contribution in [1.82, 2.24) is 30.7 Å². The molecule has 0 spiro atoms. The van der Waals surface area contributed by atoms with Gasteiger partial charge in [0.25, 0.3) is 5.91 Å². The average molecular weight is 498 g/mol. The molecule has 1 amide bonds. The van der Waals surface area contributed by atoms with Crippen LogP contribution in [0.25, 0.3) is 17.1 Å². The Morgan fingerprint density at radius 2 is 1.89 bits per heavy atom. The van der Waals surface area contributed by atoms with Gasteiger partial charge in [-0.2, -0.15) is 9.78 Å². The Hall–Kier alpha value is -5.39. The topological polar surface area (TPSA) is 146 Å². The number of amides is 1. The number of hydrazone groups is 1. The lowest BCUT2D eigenvalue weighted by Crippen LogP contribution is -2.22. The lowest BCUT2D eigenvalue weighted by Gasteiger charge is -2.07. The largest absolute Gasteiger partial charge is 0.489 e. The van der Waals surface area contributed by atoms with E-state index in [1.807, 2.05) is 18.2 Å². The predicted octanol–water partition coefficient (Wildman–Crippen LogP) is 3.38. The Morgan fingerprint density at radius 1 is 1.08 bits per heavy atom. The van der Waals surface area contributed by atoms with Crippen molar-refractivity contribution in [3.8, 4) is 22.8 Å². The molecule has 0 aliphatic carbocycles. The molecule has 184 valence electrons. The normalized spacial score (nSPS) is 11.1. The molecule has 0 aliphatic heterocycles. The molecule has 5 rings (SSSR count). The van der Waals surface area contributed by atoms with Crippen molar-refractivity contribution in [3.05, 3.63) is 102 Å². The zero-order chi connectivity index (χ0) is 25.6. The van der Waals surface area contributed by atoms with Crippen LogP contribution in [0, 0.1) is 5.82 Å². The molecule has 0 saturated heterocycles. The summed E-state index contributed by atoms with van der Waals surface area (Å²) in [5.41, 5.74) is 10.7. The number of nitrogens with two attached hydrogens (primary N) is 1. The second kappa shape index (κ2) is 10.5. The van der Waals surface area contributed by atoms with E-state index >= 15 is 0 Å². The molecule has 11 nitrogen and oxygen atoms in total. The molecule has 0 saturated carbocycles. The van der Waals surface area contributed by atoms with Crippen molar-refractivity contribution in [2.24, 2.45) is 5.10 Å². The smallest absolute Gasteiger partial charge is 0.292 e. The van der Waals surface area contributed by atoms with Gasteiger partial charge in [-0.3, -0.25) is 4.79 Å². The molecule has 0 aliphatic rings. The summed E-state index contributed by atoms with van der Waals surface area (Å²) in [7, 11) is 0. The number of aromatic nitrogens is 5. The number of nitrogen functional groups attached to an aromatic ring is 1. The molecule has 0 bridgehead atoms. The van der Waals surface area contributed by atoms with Gasteiger partial charge in [0.1, 0.15) is 23.9 Å².